The molecule has 3 nitrogen and oxygen atoms in total. The largest absolute Gasteiger partial charge is 0.497 e. The van der Waals surface area contributed by atoms with E-state index in [1.807, 2.05) is 24.3 Å². The number of rotatable bonds is 4. The summed E-state index contributed by atoms with van der Waals surface area (Å²) in [5.41, 5.74) is 0.961. The van der Waals surface area contributed by atoms with E-state index in [2.05, 4.69) is 5.32 Å². The van der Waals surface area contributed by atoms with Crippen LogP contribution in [0.3, 0.4) is 0 Å². The number of aliphatic hydroxyl groups is 1. The molecule has 4 unspecified atom stereocenters. The fourth-order valence-corrected chi connectivity index (χ4v) is 3.79. The third kappa shape index (κ3) is 2.63. The first kappa shape index (κ1) is 12.9. The van der Waals surface area contributed by atoms with Crippen molar-refractivity contribution >= 4 is 0 Å². The lowest BCUT2D eigenvalue weighted by Crippen LogP contribution is -2.28. The molecule has 0 radical (unpaired) electrons. The van der Waals surface area contributed by atoms with Gasteiger partial charge < -0.3 is 15.2 Å². The summed E-state index contributed by atoms with van der Waals surface area (Å²) in [6, 6.07) is 8.25. The maximum absolute atomic E-state index is 10.4. The van der Waals surface area contributed by atoms with Crippen LogP contribution in [0.1, 0.15) is 37.4 Å². The van der Waals surface area contributed by atoms with Gasteiger partial charge in [-0.3, -0.25) is 0 Å². The second-order valence-electron chi connectivity index (χ2n) is 5.90. The molecule has 0 aromatic heterocycles. The van der Waals surface area contributed by atoms with Crippen LogP contribution < -0.4 is 10.1 Å². The summed E-state index contributed by atoms with van der Waals surface area (Å²) in [5, 5.41) is 14.0. The Balaban J connectivity index is 1.65. The van der Waals surface area contributed by atoms with Crippen LogP contribution >= 0.6 is 0 Å². The SMILES string of the molecule is COc1cccc(C(O)CC2NCC3CCCC32)c1. The van der Waals surface area contributed by atoms with Crippen LogP contribution in [-0.4, -0.2) is 24.8 Å². The Bertz CT molecular complexity index is 435. The molecule has 1 aliphatic carbocycles. The molecule has 19 heavy (non-hydrogen) atoms. The lowest BCUT2D eigenvalue weighted by molar-refractivity contribution is 0.144. The molecule has 1 saturated carbocycles. The lowest BCUT2D eigenvalue weighted by Gasteiger charge is -2.22. The van der Waals surface area contributed by atoms with E-state index in [-0.39, 0.29) is 0 Å². The van der Waals surface area contributed by atoms with E-state index in [4.69, 9.17) is 4.74 Å². The Labute approximate surface area is 115 Å². The molecule has 2 N–H and O–H groups in total. The molecular weight excluding hydrogens is 238 g/mol. The van der Waals surface area contributed by atoms with Gasteiger partial charge in [-0.2, -0.15) is 0 Å². The van der Waals surface area contributed by atoms with Gasteiger partial charge in [0.1, 0.15) is 5.75 Å². The molecule has 4 atom stereocenters. The predicted molar refractivity (Wildman–Crippen MR) is 75.2 cm³/mol. The van der Waals surface area contributed by atoms with Crippen molar-refractivity contribution in [2.45, 2.75) is 37.8 Å². The van der Waals surface area contributed by atoms with Crippen molar-refractivity contribution in [3.05, 3.63) is 29.8 Å². The zero-order valence-electron chi connectivity index (χ0n) is 11.5. The van der Waals surface area contributed by atoms with Crippen LogP contribution in [0.25, 0.3) is 0 Å². The number of ether oxygens (including phenoxy) is 1. The van der Waals surface area contributed by atoms with Crippen molar-refractivity contribution in [1.29, 1.82) is 0 Å². The highest BCUT2D eigenvalue weighted by atomic mass is 16.5. The molecule has 1 aromatic rings. The van der Waals surface area contributed by atoms with Gasteiger partial charge in [0.25, 0.3) is 0 Å². The fourth-order valence-electron chi connectivity index (χ4n) is 3.79. The zero-order valence-corrected chi connectivity index (χ0v) is 11.5. The summed E-state index contributed by atoms with van der Waals surface area (Å²) in [6.45, 7) is 1.14. The van der Waals surface area contributed by atoms with E-state index >= 15 is 0 Å². The van der Waals surface area contributed by atoms with Crippen LogP contribution in [0.5, 0.6) is 5.75 Å². The minimum Gasteiger partial charge on any atom is -0.497 e. The summed E-state index contributed by atoms with van der Waals surface area (Å²) in [6.07, 6.45) is 4.47. The molecule has 3 rings (SSSR count). The van der Waals surface area contributed by atoms with E-state index in [0.29, 0.717) is 6.04 Å². The van der Waals surface area contributed by atoms with Gasteiger partial charge in [-0.05, 0) is 55.3 Å². The highest BCUT2D eigenvalue weighted by Gasteiger charge is 2.39. The van der Waals surface area contributed by atoms with Crippen molar-refractivity contribution in [2.24, 2.45) is 11.8 Å². The van der Waals surface area contributed by atoms with Crippen LogP contribution in [0.4, 0.5) is 0 Å². The molecule has 1 aliphatic heterocycles. The smallest absolute Gasteiger partial charge is 0.119 e. The van der Waals surface area contributed by atoms with E-state index in [1.165, 1.54) is 19.3 Å². The molecule has 2 aliphatic rings. The van der Waals surface area contributed by atoms with Gasteiger partial charge in [0.15, 0.2) is 0 Å². The maximum Gasteiger partial charge on any atom is 0.119 e. The summed E-state index contributed by atoms with van der Waals surface area (Å²) < 4.78 is 5.22. The quantitative estimate of drug-likeness (QED) is 0.875. The number of methoxy groups -OCH3 is 1. The van der Waals surface area contributed by atoms with Crippen LogP contribution in [0.2, 0.25) is 0 Å². The summed E-state index contributed by atoms with van der Waals surface area (Å²) in [7, 11) is 1.66. The van der Waals surface area contributed by atoms with Crippen molar-refractivity contribution in [3.63, 3.8) is 0 Å². The first-order valence-electron chi connectivity index (χ1n) is 7.33. The molecule has 2 fully saturated rings. The Kier molecular flexibility index (Phi) is 3.76. The molecule has 0 spiro atoms. The van der Waals surface area contributed by atoms with Gasteiger partial charge in [-0.15, -0.1) is 0 Å². The average molecular weight is 261 g/mol. The topological polar surface area (TPSA) is 41.5 Å². The lowest BCUT2D eigenvalue weighted by atomic mass is 9.89. The number of hydrogen-bond donors (Lipinski definition) is 2. The number of aliphatic hydroxyl groups excluding tert-OH is 1. The monoisotopic (exact) mass is 261 g/mol. The van der Waals surface area contributed by atoms with E-state index < -0.39 is 6.10 Å². The second-order valence-corrected chi connectivity index (χ2v) is 5.90. The summed E-state index contributed by atoms with van der Waals surface area (Å²) in [5.74, 6) is 2.44. The summed E-state index contributed by atoms with van der Waals surface area (Å²) >= 11 is 0. The van der Waals surface area contributed by atoms with Crippen molar-refractivity contribution in [1.82, 2.24) is 5.32 Å². The van der Waals surface area contributed by atoms with Gasteiger partial charge in [0.2, 0.25) is 0 Å². The third-order valence-corrected chi connectivity index (χ3v) is 4.83. The fraction of sp³-hybridized carbons (Fsp3) is 0.625. The number of benzene rings is 1. The highest BCUT2D eigenvalue weighted by Crippen LogP contribution is 2.40. The Hall–Kier alpha value is -1.06. The number of nitrogens with one attached hydrogen (secondary N) is 1. The van der Waals surface area contributed by atoms with Crippen LogP contribution in [-0.2, 0) is 0 Å². The van der Waals surface area contributed by atoms with Crippen molar-refractivity contribution < 1.29 is 9.84 Å². The predicted octanol–water partition coefficient (Wildman–Crippen LogP) is 2.51. The molecule has 104 valence electrons. The maximum atomic E-state index is 10.4. The van der Waals surface area contributed by atoms with E-state index in [1.54, 1.807) is 7.11 Å². The van der Waals surface area contributed by atoms with Crippen molar-refractivity contribution in [3.8, 4) is 5.75 Å². The third-order valence-electron chi connectivity index (χ3n) is 4.83. The van der Waals surface area contributed by atoms with Gasteiger partial charge in [0, 0.05) is 6.04 Å². The average Bonchev–Trinajstić information content (AvgIpc) is 3.04. The molecule has 0 amide bonds. The normalized spacial score (nSPS) is 31.2. The minimum absolute atomic E-state index is 0.396. The number of fused-ring (bicyclic) bond motifs is 1. The number of hydrogen-bond acceptors (Lipinski definition) is 3. The van der Waals surface area contributed by atoms with E-state index in [0.717, 1.165) is 36.1 Å². The minimum atomic E-state index is -0.396. The molecule has 1 aromatic carbocycles. The molecule has 1 saturated heterocycles. The van der Waals surface area contributed by atoms with Gasteiger partial charge in [0.05, 0.1) is 13.2 Å². The van der Waals surface area contributed by atoms with Crippen LogP contribution in [0.15, 0.2) is 24.3 Å². The standard InChI is InChI=1S/C16H23NO2/c1-19-13-6-2-4-11(8-13)16(18)9-15-14-7-3-5-12(14)10-17-15/h2,4,6,8,12,14-18H,3,5,7,9-10H2,1H3. The molecule has 1 heterocycles. The Morgan fingerprint density at radius 1 is 1.42 bits per heavy atom. The molecule has 3 heteroatoms. The van der Waals surface area contributed by atoms with Gasteiger partial charge in [-0.25, -0.2) is 0 Å². The molecular formula is C16H23NO2. The zero-order chi connectivity index (χ0) is 13.2. The summed E-state index contributed by atoms with van der Waals surface area (Å²) in [4.78, 5) is 0. The molecule has 0 bridgehead atoms. The van der Waals surface area contributed by atoms with Gasteiger partial charge in [-0.1, -0.05) is 18.6 Å². The van der Waals surface area contributed by atoms with E-state index in [9.17, 15) is 5.11 Å². The second kappa shape index (κ2) is 5.51. The Morgan fingerprint density at radius 3 is 3.16 bits per heavy atom. The first-order valence-corrected chi connectivity index (χ1v) is 7.33. The Morgan fingerprint density at radius 2 is 2.32 bits per heavy atom. The van der Waals surface area contributed by atoms with Crippen LogP contribution in [0, 0.1) is 11.8 Å². The van der Waals surface area contributed by atoms with Crippen molar-refractivity contribution in [2.75, 3.05) is 13.7 Å². The first-order chi connectivity index (χ1) is 9.28. The van der Waals surface area contributed by atoms with Gasteiger partial charge >= 0.3 is 0 Å². The highest BCUT2D eigenvalue weighted by molar-refractivity contribution is 5.29.